The maximum absolute atomic E-state index is 5.07. The molecule has 1 aromatic heterocycles. The van der Waals surface area contributed by atoms with E-state index in [1.54, 1.807) is 13.3 Å². The fourth-order valence-corrected chi connectivity index (χ4v) is 2.75. The Hall–Kier alpha value is -0.940. The lowest BCUT2D eigenvalue weighted by molar-refractivity contribution is 0.314. The van der Waals surface area contributed by atoms with E-state index in [9.17, 15) is 0 Å². The Labute approximate surface area is 107 Å². The summed E-state index contributed by atoms with van der Waals surface area (Å²) < 4.78 is 5.07. The number of aromatic nitrogens is 1. The monoisotopic (exact) mass is 253 g/mol. The predicted octanol–water partition coefficient (Wildman–Crippen LogP) is 1.55. The second kappa shape index (κ2) is 6.71. The number of nitrogens with one attached hydrogen (secondary N) is 1. The second-order valence-electron chi connectivity index (χ2n) is 3.96. The molecule has 1 aliphatic heterocycles. The fraction of sp³-hybridized carbons (Fsp3) is 0.583. The predicted molar refractivity (Wildman–Crippen MR) is 73.0 cm³/mol. The number of rotatable bonds is 5. The number of nitrogens with zero attached hydrogens (tertiary/aromatic N) is 2. The molecule has 0 saturated carbocycles. The van der Waals surface area contributed by atoms with Crippen LogP contribution in [0.5, 0.6) is 5.75 Å². The Balaban J connectivity index is 1.69. The minimum atomic E-state index is 0.795. The third kappa shape index (κ3) is 4.09. The van der Waals surface area contributed by atoms with Gasteiger partial charge in [-0.2, -0.15) is 11.8 Å². The van der Waals surface area contributed by atoms with Gasteiger partial charge >= 0.3 is 0 Å². The zero-order valence-electron chi connectivity index (χ0n) is 10.2. The van der Waals surface area contributed by atoms with Crippen LogP contribution in [0.2, 0.25) is 0 Å². The van der Waals surface area contributed by atoms with Crippen LogP contribution in [0.1, 0.15) is 0 Å². The van der Waals surface area contributed by atoms with Crippen LogP contribution < -0.4 is 10.1 Å². The molecular formula is C12H19N3OS. The molecule has 0 aliphatic carbocycles. The molecule has 1 aromatic rings. The van der Waals surface area contributed by atoms with Crippen LogP contribution in [-0.4, -0.2) is 54.7 Å². The standard InChI is InChI=1S/C12H19N3OS/c1-16-11-2-3-12(14-10-11)13-4-5-15-6-8-17-9-7-15/h2-3,10H,4-9H2,1H3,(H,13,14). The van der Waals surface area contributed by atoms with Crippen LogP contribution in [0.25, 0.3) is 0 Å². The molecule has 2 rings (SSSR count). The first-order valence-corrected chi connectivity index (χ1v) is 7.08. The van der Waals surface area contributed by atoms with Gasteiger partial charge in [0, 0.05) is 37.7 Å². The van der Waals surface area contributed by atoms with E-state index in [0.717, 1.165) is 24.7 Å². The largest absolute Gasteiger partial charge is 0.495 e. The Morgan fingerprint density at radius 3 is 2.88 bits per heavy atom. The van der Waals surface area contributed by atoms with Gasteiger partial charge in [0.2, 0.25) is 0 Å². The van der Waals surface area contributed by atoms with Gasteiger partial charge in [-0.3, -0.25) is 4.90 Å². The van der Waals surface area contributed by atoms with Crippen molar-refractivity contribution in [3.63, 3.8) is 0 Å². The van der Waals surface area contributed by atoms with Gasteiger partial charge in [0.05, 0.1) is 13.3 Å². The Bertz CT molecular complexity index is 325. The van der Waals surface area contributed by atoms with Crippen LogP contribution in [0.4, 0.5) is 5.82 Å². The normalized spacial score (nSPS) is 16.8. The van der Waals surface area contributed by atoms with E-state index < -0.39 is 0 Å². The molecule has 94 valence electrons. The highest BCUT2D eigenvalue weighted by atomic mass is 32.2. The van der Waals surface area contributed by atoms with Crippen LogP contribution in [0, 0.1) is 0 Å². The van der Waals surface area contributed by atoms with Crippen LogP contribution in [-0.2, 0) is 0 Å². The van der Waals surface area contributed by atoms with Crippen molar-refractivity contribution in [2.24, 2.45) is 0 Å². The molecule has 4 nitrogen and oxygen atoms in total. The maximum atomic E-state index is 5.07. The minimum absolute atomic E-state index is 0.795. The minimum Gasteiger partial charge on any atom is -0.495 e. The number of ether oxygens (including phenoxy) is 1. The lowest BCUT2D eigenvalue weighted by Gasteiger charge is -2.26. The molecule has 2 heterocycles. The van der Waals surface area contributed by atoms with Crippen molar-refractivity contribution in [3.8, 4) is 5.75 Å². The Morgan fingerprint density at radius 1 is 1.41 bits per heavy atom. The molecule has 0 unspecified atom stereocenters. The molecule has 17 heavy (non-hydrogen) atoms. The fourth-order valence-electron chi connectivity index (χ4n) is 1.77. The first kappa shape index (κ1) is 12.5. The summed E-state index contributed by atoms with van der Waals surface area (Å²) >= 11 is 2.04. The van der Waals surface area contributed by atoms with E-state index in [4.69, 9.17) is 4.74 Å². The number of anilines is 1. The summed E-state index contributed by atoms with van der Waals surface area (Å²) in [6, 6.07) is 3.87. The molecule has 0 bridgehead atoms. The molecule has 0 spiro atoms. The van der Waals surface area contributed by atoms with Crippen molar-refractivity contribution in [2.45, 2.75) is 0 Å². The van der Waals surface area contributed by atoms with Crippen LogP contribution >= 0.6 is 11.8 Å². The second-order valence-corrected chi connectivity index (χ2v) is 5.19. The summed E-state index contributed by atoms with van der Waals surface area (Å²) in [6.07, 6.45) is 1.74. The number of hydrogen-bond acceptors (Lipinski definition) is 5. The topological polar surface area (TPSA) is 37.4 Å². The lowest BCUT2D eigenvalue weighted by Crippen LogP contribution is -2.36. The van der Waals surface area contributed by atoms with Crippen LogP contribution in [0.3, 0.4) is 0 Å². The average molecular weight is 253 g/mol. The zero-order chi connectivity index (χ0) is 11.9. The highest BCUT2D eigenvalue weighted by molar-refractivity contribution is 7.99. The third-order valence-electron chi connectivity index (χ3n) is 2.81. The summed E-state index contributed by atoms with van der Waals surface area (Å²) in [5.74, 6) is 4.24. The summed E-state index contributed by atoms with van der Waals surface area (Å²) in [6.45, 7) is 4.46. The molecule has 1 saturated heterocycles. The summed E-state index contributed by atoms with van der Waals surface area (Å²) in [5.41, 5.74) is 0. The van der Waals surface area contributed by atoms with Crippen molar-refractivity contribution in [2.75, 3.05) is 50.1 Å². The van der Waals surface area contributed by atoms with Gasteiger partial charge in [0.1, 0.15) is 11.6 Å². The van der Waals surface area contributed by atoms with Gasteiger partial charge in [-0.25, -0.2) is 4.98 Å². The lowest BCUT2D eigenvalue weighted by atomic mass is 10.4. The summed E-state index contributed by atoms with van der Waals surface area (Å²) in [4.78, 5) is 6.77. The highest BCUT2D eigenvalue weighted by Crippen LogP contribution is 2.11. The van der Waals surface area contributed by atoms with Crippen molar-refractivity contribution >= 4 is 17.6 Å². The van der Waals surface area contributed by atoms with Crippen LogP contribution in [0.15, 0.2) is 18.3 Å². The highest BCUT2D eigenvalue weighted by Gasteiger charge is 2.09. The molecule has 1 N–H and O–H groups in total. The molecule has 0 atom stereocenters. The van der Waals surface area contributed by atoms with E-state index in [0.29, 0.717) is 0 Å². The number of pyridine rings is 1. The quantitative estimate of drug-likeness (QED) is 0.862. The van der Waals surface area contributed by atoms with Gasteiger partial charge in [-0.15, -0.1) is 0 Å². The Kier molecular flexibility index (Phi) is 4.94. The van der Waals surface area contributed by atoms with E-state index in [2.05, 4.69) is 15.2 Å². The summed E-state index contributed by atoms with van der Waals surface area (Å²) in [7, 11) is 1.65. The molecule has 0 aromatic carbocycles. The molecule has 1 aliphatic rings. The Morgan fingerprint density at radius 2 is 2.24 bits per heavy atom. The van der Waals surface area contributed by atoms with E-state index in [1.165, 1.54) is 24.6 Å². The van der Waals surface area contributed by atoms with Crippen molar-refractivity contribution in [3.05, 3.63) is 18.3 Å². The van der Waals surface area contributed by atoms with Gasteiger partial charge in [0.15, 0.2) is 0 Å². The van der Waals surface area contributed by atoms with Gasteiger partial charge in [-0.1, -0.05) is 0 Å². The van der Waals surface area contributed by atoms with Gasteiger partial charge in [0.25, 0.3) is 0 Å². The SMILES string of the molecule is COc1ccc(NCCN2CCSCC2)nc1. The number of hydrogen-bond donors (Lipinski definition) is 1. The third-order valence-corrected chi connectivity index (χ3v) is 3.75. The van der Waals surface area contributed by atoms with Crippen molar-refractivity contribution in [1.29, 1.82) is 0 Å². The number of methoxy groups -OCH3 is 1. The van der Waals surface area contributed by atoms with Crippen molar-refractivity contribution < 1.29 is 4.74 Å². The first-order chi connectivity index (χ1) is 8.38. The number of thioether (sulfide) groups is 1. The molecule has 5 heteroatoms. The molecular weight excluding hydrogens is 234 g/mol. The van der Waals surface area contributed by atoms with E-state index >= 15 is 0 Å². The van der Waals surface area contributed by atoms with Gasteiger partial charge in [-0.05, 0) is 12.1 Å². The zero-order valence-corrected chi connectivity index (χ0v) is 11.0. The molecule has 0 amide bonds. The van der Waals surface area contributed by atoms with Crippen molar-refractivity contribution in [1.82, 2.24) is 9.88 Å². The van der Waals surface area contributed by atoms with E-state index in [1.807, 2.05) is 23.9 Å². The van der Waals surface area contributed by atoms with E-state index in [-0.39, 0.29) is 0 Å². The first-order valence-electron chi connectivity index (χ1n) is 5.92. The average Bonchev–Trinajstić information content (AvgIpc) is 2.41. The maximum Gasteiger partial charge on any atom is 0.137 e. The van der Waals surface area contributed by atoms with Gasteiger partial charge < -0.3 is 10.1 Å². The smallest absolute Gasteiger partial charge is 0.137 e. The molecule has 1 fully saturated rings. The summed E-state index contributed by atoms with van der Waals surface area (Å²) in [5, 5.41) is 3.33. The molecule has 0 radical (unpaired) electrons.